The third kappa shape index (κ3) is 3.60. The average molecular weight is 273 g/mol. The summed E-state index contributed by atoms with van der Waals surface area (Å²) < 4.78 is 53.5. The molecule has 0 amide bonds. The molecule has 0 spiro atoms. The van der Waals surface area contributed by atoms with E-state index >= 15 is 0 Å². The first kappa shape index (κ1) is 13.2. The zero-order valence-corrected chi connectivity index (χ0v) is 9.36. The predicted octanol–water partition coefficient (Wildman–Crippen LogP) is 2.62. The Labute approximate surface area is 105 Å². The molecular formula is C11H7F4N3O. The lowest BCUT2D eigenvalue weighted by Gasteiger charge is -2.09. The fourth-order valence-electron chi connectivity index (χ4n) is 1.27. The van der Waals surface area contributed by atoms with Gasteiger partial charge in [-0.05, 0) is 6.07 Å². The highest BCUT2D eigenvalue weighted by Gasteiger charge is 2.29. The SMILES string of the molecule is Fc1cc(-c2cnccn2)cnc1OCC(F)(F)F. The summed E-state index contributed by atoms with van der Waals surface area (Å²) in [4.78, 5) is 11.2. The van der Waals surface area contributed by atoms with Crippen LogP contribution in [0.15, 0.2) is 30.9 Å². The Morgan fingerprint density at radius 2 is 1.89 bits per heavy atom. The topological polar surface area (TPSA) is 47.9 Å². The van der Waals surface area contributed by atoms with Crippen molar-refractivity contribution in [3.8, 4) is 17.1 Å². The van der Waals surface area contributed by atoms with Gasteiger partial charge in [0.25, 0.3) is 5.88 Å². The first-order valence-corrected chi connectivity index (χ1v) is 5.07. The van der Waals surface area contributed by atoms with Gasteiger partial charge in [0.15, 0.2) is 12.4 Å². The molecule has 0 unspecified atom stereocenters. The Kier molecular flexibility index (Phi) is 3.59. The Hall–Kier alpha value is -2.25. The number of hydrogen-bond acceptors (Lipinski definition) is 4. The molecule has 8 heteroatoms. The van der Waals surface area contributed by atoms with Gasteiger partial charge in [-0.3, -0.25) is 9.97 Å². The van der Waals surface area contributed by atoms with Crippen LogP contribution in [0, 0.1) is 5.82 Å². The van der Waals surface area contributed by atoms with Crippen molar-refractivity contribution in [2.75, 3.05) is 6.61 Å². The van der Waals surface area contributed by atoms with Crippen molar-refractivity contribution >= 4 is 0 Å². The van der Waals surface area contributed by atoms with Gasteiger partial charge >= 0.3 is 6.18 Å². The van der Waals surface area contributed by atoms with Gasteiger partial charge in [0, 0.05) is 24.2 Å². The third-order valence-electron chi connectivity index (χ3n) is 2.04. The highest BCUT2D eigenvalue weighted by Crippen LogP contribution is 2.23. The van der Waals surface area contributed by atoms with Gasteiger partial charge in [0.1, 0.15) is 0 Å². The molecule has 0 saturated carbocycles. The molecule has 0 aliphatic rings. The second kappa shape index (κ2) is 5.17. The minimum absolute atomic E-state index is 0.296. The van der Waals surface area contributed by atoms with Gasteiger partial charge in [-0.1, -0.05) is 0 Å². The summed E-state index contributed by atoms with van der Waals surface area (Å²) in [6, 6.07) is 0.989. The van der Waals surface area contributed by atoms with E-state index in [4.69, 9.17) is 0 Å². The normalized spacial score (nSPS) is 11.4. The molecule has 0 aliphatic heterocycles. The third-order valence-corrected chi connectivity index (χ3v) is 2.04. The molecule has 0 radical (unpaired) electrons. The van der Waals surface area contributed by atoms with E-state index in [2.05, 4.69) is 19.7 Å². The smallest absolute Gasteiger partial charge is 0.422 e. The number of halogens is 4. The first-order valence-electron chi connectivity index (χ1n) is 5.07. The van der Waals surface area contributed by atoms with Crippen LogP contribution in [0.5, 0.6) is 5.88 Å². The summed E-state index contributed by atoms with van der Waals surface area (Å²) in [5.41, 5.74) is 0.654. The summed E-state index contributed by atoms with van der Waals surface area (Å²) in [7, 11) is 0. The summed E-state index contributed by atoms with van der Waals surface area (Å²) in [6.45, 7) is -1.60. The maximum Gasteiger partial charge on any atom is 0.422 e. The monoisotopic (exact) mass is 273 g/mol. The molecule has 2 aromatic rings. The lowest BCUT2D eigenvalue weighted by atomic mass is 10.2. The van der Waals surface area contributed by atoms with Crippen LogP contribution in [0.1, 0.15) is 0 Å². The maximum absolute atomic E-state index is 13.5. The van der Waals surface area contributed by atoms with Crippen LogP contribution in [-0.4, -0.2) is 27.7 Å². The van der Waals surface area contributed by atoms with E-state index < -0.39 is 24.5 Å². The number of hydrogen-bond donors (Lipinski definition) is 0. The summed E-state index contributed by atoms with van der Waals surface area (Å²) >= 11 is 0. The molecule has 2 rings (SSSR count). The van der Waals surface area contributed by atoms with E-state index in [0.29, 0.717) is 11.3 Å². The van der Waals surface area contributed by atoms with Crippen molar-refractivity contribution in [2.24, 2.45) is 0 Å². The van der Waals surface area contributed by atoms with Crippen LogP contribution in [-0.2, 0) is 0 Å². The summed E-state index contributed by atoms with van der Waals surface area (Å²) in [5, 5.41) is 0. The zero-order chi connectivity index (χ0) is 13.9. The van der Waals surface area contributed by atoms with E-state index in [1.165, 1.54) is 24.8 Å². The molecule has 0 N–H and O–H groups in total. The molecule has 0 atom stereocenters. The minimum atomic E-state index is -4.54. The number of alkyl halides is 3. The largest absolute Gasteiger partial charge is 0.466 e. The van der Waals surface area contributed by atoms with Crippen LogP contribution in [0.3, 0.4) is 0 Å². The molecule has 4 nitrogen and oxygen atoms in total. The van der Waals surface area contributed by atoms with Crippen LogP contribution in [0.25, 0.3) is 11.3 Å². The molecule has 0 aliphatic carbocycles. The van der Waals surface area contributed by atoms with Crippen molar-refractivity contribution in [1.82, 2.24) is 15.0 Å². The second-order valence-corrected chi connectivity index (χ2v) is 3.51. The van der Waals surface area contributed by atoms with Crippen LogP contribution in [0.2, 0.25) is 0 Å². The molecule has 2 aromatic heterocycles. The summed E-state index contributed by atoms with van der Waals surface area (Å²) in [6.07, 6.45) is 0.846. The van der Waals surface area contributed by atoms with Crippen molar-refractivity contribution in [2.45, 2.75) is 6.18 Å². The van der Waals surface area contributed by atoms with Crippen molar-refractivity contribution in [1.29, 1.82) is 0 Å². The van der Waals surface area contributed by atoms with Gasteiger partial charge in [-0.2, -0.15) is 13.2 Å². The molecule has 19 heavy (non-hydrogen) atoms. The second-order valence-electron chi connectivity index (χ2n) is 3.51. The Morgan fingerprint density at radius 1 is 1.11 bits per heavy atom. The first-order chi connectivity index (χ1) is 8.96. The standard InChI is InChI=1S/C11H7F4N3O/c12-8-3-7(9-5-16-1-2-17-9)4-18-10(8)19-6-11(13,14)15/h1-5H,6H2. The highest BCUT2D eigenvalue weighted by atomic mass is 19.4. The van der Waals surface area contributed by atoms with E-state index in [1.54, 1.807) is 0 Å². The van der Waals surface area contributed by atoms with E-state index in [-0.39, 0.29) is 0 Å². The quantitative estimate of drug-likeness (QED) is 0.806. The lowest BCUT2D eigenvalue weighted by Crippen LogP contribution is -2.20. The Morgan fingerprint density at radius 3 is 2.47 bits per heavy atom. The zero-order valence-electron chi connectivity index (χ0n) is 9.36. The van der Waals surface area contributed by atoms with Gasteiger partial charge in [-0.15, -0.1) is 0 Å². The minimum Gasteiger partial charge on any atom is -0.466 e. The summed E-state index contributed by atoms with van der Waals surface area (Å²) in [5.74, 6) is -1.70. The molecule has 2 heterocycles. The number of ether oxygens (including phenoxy) is 1. The lowest BCUT2D eigenvalue weighted by molar-refractivity contribution is -0.154. The van der Waals surface area contributed by atoms with Crippen LogP contribution >= 0.6 is 0 Å². The molecule has 0 fully saturated rings. The van der Waals surface area contributed by atoms with Gasteiger partial charge < -0.3 is 4.74 Å². The molecule has 0 saturated heterocycles. The fraction of sp³-hybridized carbons (Fsp3) is 0.182. The van der Waals surface area contributed by atoms with E-state index in [1.807, 2.05) is 0 Å². The van der Waals surface area contributed by atoms with E-state index in [0.717, 1.165) is 6.07 Å². The Bertz CT molecular complexity index is 560. The van der Waals surface area contributed by atoms with Crippen molar-refractivity contribution < 1.29 is 22.3 Å². The van der Waals surface area contributed by atoms with Gasteiger partial charge in [-0.25, -0.2) is 9.37 Å². The number of rotatable bonds is 3. The molecule has 0 aromatic carbocycles. The predicted molar refractivity (Wildman–Crippen MR) is 56.8 cm³/mol. The fourth-order valence-corrected chi connectivity index (χ4v) is 1.27. The number of pyridine rings is 1. The van der Waals surface area contributed by atoms with Gasteiger partial charge in [0.2, 0.25) is 0 Å². The van der Waals surface area contributed by atoms with E-state index in [9.17, 15) is 17.6 Å². The Balaban J connectivity index is 2.18. The number of aromatic nitrogens is 3. The maximum atomic E-state index is 13.5. The number of nitrogens with zero attached hydrogens (tertiary/aromatic N) is 3. The molecule has 100 valence electrons. The molecule has 0 bridgehead atoms. The average Bonchev–Trinajstić information content (AvgIpc) is 2.37. The van der Waals surface area contributed by atoms with Crippen molar-refractivity contribution in [3.05, 3.63) is 36.7 Å². The highest BCUT2D eigenvalue weighted by molar-refractivity contribution is 5.57. The van der Waals surface area contributed by atoms with Gasteiger partial charge in [0.05, 0.1) is 11.9 Å². The van der Waals surface area contributed by atoms with Crippen LogP contribution in [0.4, 0.5) is 17.6 Å². The van der Waals surface area contributed by atoms with Crippen LogP contribution < -0.4 is 4.74 Å². The molecular weight excluding hydrogens is 266 g/mol. The van der Waals surface area contributed by atoms with Crippen molar-refractivity contribution in [3.63, 3.8) is 0 Å².